The number of rotatable bonds is 1. The summed E-state index contributed by atoms with van der Waals surface area (Å²) < 4.78 is 18.0. The summed E-state index contributed by atoms with van der Waals surface area (Å²) in [5, 5.41) is 0. The van der Waals surface area contributed by atoms with Gasteiger partial charge in [-0.25, -0.2) is 0 Å². The predicted octanol–water partition coefficient (Wildman–Crippen LogP) is 0.624. The molecule has 1 rings (SSSR count). The van der Waals surface area contributed by atoms with E-state index < -0.39 is 6.56 Å². The van der Waals surface area contributed by atoms with Crippen molar-refractivity contribution in [1.82, 2.24) is 0 Å². The second-order valence-corrected chi connectivity index (χ2v) is 1.19. The first kappa shape index (κ1) is 1.80. The fourth-order valence-corrected chi connectivity index (χ4v) is 0.237. The molecule has 1 saturated heterocycles. The second kappa shape index (κ2) is 1.15. The smallest absolute Gasteiger partial charge is 0.0944 e. The van der Waals surface area contributed by atoms with Gasteiger partial charge in [-0.05, 0) is 0 Å². The molecule has 1 aliphatic rings. The third kappa shape index (κ3) is 0.781. The van der Waals surface area contributed by atoms with Crippen LogP contribution in [0.5, 0.6) is 0 Å². The zero-order valence-electron chi connectivity index (χ0n) is 4.57. The zero-order chi connectivity index (χ0) is 5.49. The first-order valence-corrected chi connectivity index (χ1v) is 1.94. The maximum absolute atomic E-state index is 6.77. The van der Waals surface area contributed by atoms with Crippen LogP contribution >= 0.6 is 11.6 Å². The van der Waals surface area contributed by atoms with E-state index in [2.05, 4.69) is 4.74 Å². The van der Waals surface area contributed by atoms with Gasteiger partial charge in [0.1, 0.15) is 0 Å². The molecule has 0 saturated carbocycles. The Labute approximate surface area is 38.7 Å². The largest absolute Gasteiger partial charge is 0.372 e. The van der Waals surface area contributed by atoms with Crippen LogP contribution in [0.15, 0.2) is 0 Å². The van der Waals surface area contributed by atoms with E-state index in [0.29, 0.717) is 0 Å². The molecule has 1 heterocycles. The molecule has 1 fully saturated rings. The minimum Gasteiger partial charge on any atom is -0.372 e. The van der Waals surface area contributed by atoms with E-state index in [-0.39, 0.29) is 12.0 Å². The summed E-state index contributed by atoms with van der Waals surface area (Å²) in [4.78, 5) is 0. The van der Waals surface area contributed by atoms with Gasteiger partial charge in [0.2, 0.25) is 0 Å². The Balaban J connectivity index is 2.30. The van der Waals surface area contributed by atoms with Crippen LogP contribution in [0.4, 0.5) is 0 Å². The average Bonchev–Trinajstić information content (AvgIpc) is 2.13. The molecule has 0 amide bonds. The predicted molar refractivity (Wildman–Crippen MR) is 20.5 cm³/mol. The Morgan fingerprint density at radius 2 is 3.00 bits per heavy atom. The van der Waals surface area contributed by atoms with E-state index in [1.165, 1.54) is 0 Å². The molecule has 1 nitrogen and oxygen atoms in total. The fourth-order valence-electron chi connectivity index (χ4n) is 0.111. The van der Waals surface area contributed by atoms with Gasteiger partial charge in [-0.2, -0.15) is 0 Å². The fraction of sp³-hybridized carbons (Fsp3) is 1.00. The standard InChI is InChI=1S/C3H5ClO/c4-1-3-2-5-3/h3H,1-2H2/i2D2. The van der Waals surface area contributed by atoms with Gasteiger partial charge >= 0.3 is 0 Å². The van der Waals surface area contributed by atoms with Crippen LogP contribution in [0, 0.1) is 0 Å². The Morgan fingerprint density at radius 3 is 3.00 bits per heavy atom. The first-order valence-electron chi connectivity index (χ1n) is 2.40. The van der Waals surface area contributed by atoms with Crippen molar-refractivity contribution in [2.24, 2.45) is 0 Å². The molecule has 0 aromatic heterocycles. The van der Waals surface area contributed by atoms with Crippen LogP contribution in [-0.2, 0) is 4.74 Å². The number of hydrogen-bond donors (Lipinski definition) is 0. The zero-order valence-corrected chi connectivity index (χ0v) is 3.33. The highest BCUT2D eigenvalue weighted by Crippen LogP contribution is 2.08. The molecule has 0 bridgehead atoms. The lowest BCUT2D eigenvalue weighted by Crippen LogP contribution is -1.80. The van der Waals surface area contributed by atoms with Crippen molar-refractivity contribution in [2.75, 3.05) is 12.4 Å². The van der Waals surface area contributed by atoms with E-state index in [1.807, 2.05) is 0 Å². The van der Waals surface area contributed by atoms with Crippen molar-refractivity contribution in [3.05, 3.63) is 0 Å². The molecule has 1 atom stereocenters. The maximum atomic E-state index is 6.77. The Morgan fingerprint density at radius 1 is 2.40 bits per heavy atom. The minimum absolute atomic E-state index is 0.257. The third-order valence-electron chi connectivity index (χ3n) is 0.425. The van der Waals surface area contributed by atoms with E-state index in [4.69, 9.17) is 14.3 Å². The molecule has 1 unspecified atom stereocenters. The van der Waals surface area contributed by atoms with E-state index >= 15 is 0 Å². The van der Waals surface area contributed by atoms with Gasteiger partial charge in [0.05, 0.1) is 21.3 Å². The molecule has 0 N–H and O–H groups in total. The molecule has 2 heteroatoms. The number of epoxide rings is 1. The van der Waals surface area contributed by atoms with Gasteiger partial charge < -0.3 is 4.74 Å². The summed E-state index contributed by atoms with van der Waals surface area (Å²) in [6.45, 7) is -1.41. The van der Waals surface area contributed by atoms with Gasteiger partial charge in [-0.15, -0.1) is 11.6 Å². The second-order valence-electron chi connectivity index (χ2n) is 0.879. The Hall–Kier alpha value is 0.250. The van der Waals surface area contributed by atoms with Crippen LogP contribution in [0.3, 0.4) is 0 Å². The van der Waals surface area contributed by atoms with Gasteiger partial charge in [-0.3, -0.25) is 0 Å². The highest BCUT2D eigenvalue weighted by molar-refractivity contribution is 6.18. The molecular formula is C3H5ClO. The molecule has 0 radical (unpaired) electrons. The van der Waals surface area contributed by atoms with E-state index in [9.17, 15) is 0 Å². The average molecular weight is 94.5 g/mol. The summed E-state index contributed by atoms with van der Waals surface area (Å²) in [5.41, 5.74) is 0. The number of alkyl halides is 1. The number of halogens is 1. The van der Waals surface area contributed by atoms with Gasteiger partial charge in [0.25, 0.3) is 0 Å². The topological polar surface area (TPSA) is 12.5 Å². The van der Waals surface area contributed by atoms with E-state index in [1.54, 1.807) is 0 Å². The van der Waals surface area contributed by atoms with Crippen molar-refractivity contribution in [1.29, 1.82) is 0 Å². The molecule has 0 aromatic carbocycles. The van der Waals surface area contributed by atoms with Crippen molar-refractivity contribution in [3.63, 3.8) is 0 Å². The number of ether oxygens (including phenoxy) is 1. The summed E-state index contributed by atoms with van der Waals surface area (Å²) in [7, 11) is 0. The quantitative estimate of drug-likeness (QED) is 0.343. The maximum Gasteiger partial charge on any atom is 0.0944 e. The van der Waals surface area contributed by atoms with Gasteiger partial charge in [0.15, 0.2) is 0 Å². The highest BCUT2D eigenvalue weighted by Gasteiger charge is 2.19. The molecule has 0 aromatic rings. The molecule has 5 heavy (non-hydrogen) atoms. The lowest BCUT2D eigenvalue weighted by Gasteiger charge is -1.67. The number of hydrogen-bond acceptors (Lipinski definition) is 1. The normalized spacial score (nSPS) is 50.2. The molecular weight excluding hydrogens is 87.5 g/mol. The van der Waals surface area contributed by atoms with Gasteiger partial charge in [-0.1, -0.05) is 0 Å². The van der Waals surface area contributed by atoms with Crippen LogP contribution in [0.25, 0.3) is 0 Å². The molecule has 1 aliphatic heterocycles. The van der Waals surface area contributed by atoms with Crippen molar-refractivity contribution < 1.29 is 7.48 Å². The Bertz CT molecular complexity index is 85.0. The van der Waals surface area contributed by atoms with Gasteiger partial charge in [0, 0.05) is 0 Å². The summed E-state index contributed by atoms with van der Waals surface area (Å²) >= 11 is 5.22. The van der Waals surface area contributed by atoms with Crippen LogP contribution in [-0.4, -0.2) is 18.5 Å². The van der Waals surface area contributed by atoms with Crippen LogP contribution in [0.2, 0.25) is 0 Å². The van der Waals surface area contributed by atoms with Crippen LogP contribution in [0.1, 0.15) is 2.74 Å². The SMILES string of the molecule is [2H]C1([2H])OC1CCl. The van der Waals surface area contributed by atoms with Crippen molar-refractivity contribution in [2.45, 2.75) is 6.10 Å². The van der Waals surface area contributed by atoms with E-state index in [0.717, 1.165) is 0 Å². The van der Waals surface area contributed by atoms with Crippen molar-refractivity contribution >= 4 is 11.6 Å². The van der Waals surface area contributed by atoms with Crippen molar-refractivity contribution in [3.8, 4) is 0 Å². The summed E-state index contributed by atoms with van der Waals surface area (Å²) in [5.74, 6) is 0.257. The van der Waals surface area contributed by atoms with Crippen LogP contribution < -0.4 is 0 Å². The minimum atomic E-state index is -1.41. The lowest BCUT2D eigenvalue weighted by molar-refractivity contribution is 0.425. The first-order chi connectivity index (χ1) is 3.17. The molecule has 0 spiro atoms. The lowest BCUT2D eigenvalue weighted by atomic mass is 10.6. The monoisotopic (exact) mass is 94.0 g/mol. The highest BCUT2D eigenvalue weighted by atomic mass is 35.5. The summed E-state index contributed by atoms with van der Waals surface area (Å²) in [6.07, 6.45) is -0.353. The molecule has 30 valence electrons. The summed E-state index contributed by atoms with van der Waals surface area (Å²) in [6, 6.07) is 0. The third-order valence-corrected chi connectivity index (χ3v) is 0.705. The Kier molecular flexibility index (Phi) is 0.415. The molecule has 0 aliphatic carbocycles.